The van der Waals surface area contributed by atoms with Crippen molar-refractivity contribution < 1.29 is 0 Å². The molecular weight excluding hydrogens is 350 g/mol. The fraction of sp³-hybridized carbons (Fsp3) is 0.786. The topological polar surface area (TPSA) is 26.0 Å². The quantitative estimate of drug-likeness (QED) is 0.531. The molecule has 1 atom stereocenters. The number of benzene rings is 1. The smallest absolute Gasteiger partial charge is 0.00438 e. The summed E-state index contributed by atoms with van der Waals surface area (Å²) < 4.78 is 0. The molecule has 0 saturated carbocycles. The minimum absolute atomic E-state index is 0. The largest absolute Gasteiger partial charge is 0.328 e. The van der Waals surface area contributed by atoms with Crippen molar-refractivity contribution in [3.8, 4) is 0 Å². The first kappa shape index (κ1) is 30.4. The molecule has 0 aliphatic rings. The lowest BCUT2D eigenvalue weighted by Gasteiger charge is -2.24. The summed E-state index contributed by atoms with van der Waals surface area (Å²) in [6.07, 6.45) is 4.86. The zero-order valence-corrected chi connectivity index (χ0v) is 21.3. The van der Waals surface area contributed by atoms with Gasteiger partial charge in [0.15, 0.2) is 0 Å². The van der Waals surface area contributed by atoms with E-state index >= 15 is 0 Å². The van der Waals surface area contributed by atoms with Crippen LogP contribution in [-0.2, 0) is 10.8 Å². The summed E-state index contributed by atoms with van der Waals surface area (Å²) in [6, 6.07) is 9.32. The number of hydrogen-bond acceptors (Lipinski definition) is 1. The van der Waals surface area contributed by atoms with Crippen molar-refractivity contribution in [3.05, 3.63) is 35.4 Å². The molecule has 0 fully saturated rings. The number of nitrogens with two attached hydrogens (primary N) is 1. The normalized spacial score (nSPS) is 13.8. The van der Waals surface area contributed by atoms with Crippen molar-refractivity contribution in [2.45, 2.75) is 133 Å². The fourth-order valence-electron chi connectivity index (χ4n) is 3.24. The third kappa shape index (κ3) is 15.7. The van der Waals surface area contributed by atoms with E-state index in [2.05, 4.69) is 107 Å². The third-order valence-electron chi connectivity index (χ3n) is 4.97. The Balaban J connectivity index is 0. The van der Waals surface area contributed by atoms with Crippen LogP contribution < -0.4 is 5.73 Å². The highest BCUT2D eigenvalue weighted by atomic mass is 14.6. The lowest BCUT2D eigenvalue weighted by molar-refractivity contribution is 0.307. The van der Waals surface area contributed by atoms with Gasteiger partial charge in [0.1, 0.15) is 0 Å². The second-order valence-electron chi connectivity index (χ2n) is 13.1. The number of hydrogen-bond donors (Lipinski definition) is 1. The van der Waals surface area contributed by atoms with Crippen molar-refractivity contribution in [2.24, 2.45) is 16.6 Å². The van der Waals surface area contributed by atoms with Gasteiger partial charge in [-0.3, -0.25) is 0 Å². The maximum absolute atomic E-state index is 6.09. The summed E-state index contributed by atoms with van der Waals surface area (Å²) in [6.45, 7) is 27.2. The number of rotatable bonds is 4. The lowest BCUT2D eigenvalue weighted by Crippen LogP contribution is -2.26. The van der Waals surface area contributed by atoms with Crippen LogP contribution in [0.3, 0.4) is 0 Å². The van der Waals surface area contributed by atoms with Gasteiger partial charge in [0, 0.05) is 6.04 Å². The fourth-order valence-corrected chi connectivity index (χ4v) is 3.24. The zero-order valence-electron chi connectivity index (χ0n) is 21.3. The lowest BCUT2D eigenvalue weighted by atomic mass is 9.81. The van der Waals surface area contributed by atoms with Crippen molar-refractivity contribution >= 4 is 0 Å². The van der Waals surface area contributed by atoms with E-state index < -0.39 is 0 Å². The van der Waals surface area contributed by atoms with Crippen molar-refractivity contribution in [3.63, 3.8) is 0 Å². The van der Waals surface area contributed by atoms with E-state index in [1.54, 1.807) is 0 Å². The monoisotopic (exact) mass is 405 g/mol. The summed E-state index contributed by atoms with van der Waals surface area (Å²) in [5, 5.41) is 0. The van der Waals surface area contributed by atoms with Crippen LogP contribution in [0.25, 0.3) is 0 Å². The van der Waals surface area contributed by atoms with Gasteiger partial charge in [-0.25, -0.2) is 0 Å². The van der Waals surface area contributed by atoms with Gasteiger partial charge in [-0.2, -0.15) is 0 Å². The molecule has 0 amide bonds. The van der Waals surface area contributed by atoms with Crippen LogP contribution in [0.1, 0.15) is 127 Å². The van der Waals surface area contributed by atoms with E-state index in [-0.39, 0.29) is 18.3 Å². The van der Waals surface area contributed by atoms with Gasteiger partial charge in [0.05, 0.1) is 0 Å². The molecule has 29 heavy (non-hydrogen) atoms. The highest BCUT2D eigenvalue weighted by molar-refractivity contribution is 5.32. The Morgan fingerprint density at radius 2 is 1.14 bits per heavy atom. The third-order valence-corrected chi connectivity index (χ3v) is 4.97. The standard InChI is InChI=1S/C14H22.C13H29N.CH4/c1-13(2,3)11-8-7-9-12(10-11)14(4,5)6;1-12(2,3)9-7-8-11(14)10-13(4,5)6;/h7-10H,1-6H3;11H,7-10,14H2,1-6H3;1H4. The average molecular weight is 406 g/mol. The van der Waals surface area contributed by atoms with Crippen LogP contribution >= 0.6 is 0 Å². The Morgan fingerprint density at radius 3 is 1.45 bits per heavy atom. The van der Waals surface area contributed by atoms with Crippen LogP contribution in [0.2, 0.25) is 0 Å². The van der Waals surface area contributed by atoms with Crippen LogP contribution in [0.4, 0.5) is 0 Å². The molecule has 0 spiro atoms. The van der Waals surface area contributed by atoms with Gasteiger partial charge in [-0.05, 0) is 52.0 Å². The molecule has 1 nitrogen and oxygen atoms in total. The molecule has 1 aromatic carbocycles. The summed E-state index contributed by atoms with van der Waals surface area (Å²) in [4.78, 5) is 0. The Kier molecular flexibility index (Phi) is 12.1. The predicted octanol–water partition coefficient (Wildman–Crippen LogP) is 8.88. The maximum Gasteiger partial charge on any atom is 0.00438 e. The highest BCUT2D eigenvalue weighted by Crippen LogP contribution is 2.28. The maximum atomic E-state index is 6.09. The van der Waals surface area contributed by atoms with E-state index in [1.165, 1.54) is 30.4 Å². The molecule has 1 unspecified atom stereocenters. The molecule has 0 heterocycles. The summed E-state index contributed by atoms with van der Waals surface area (Å²) in [7, 11) is 0. The second kappa shape index (κ2) is 11.5. The van der Waals surface area contributed by atoms with E-state index in [0.717, 1.165) is 6.42 Å². The molecule has 0 radical (unpaired) electrons. The van der Waals surface area contributed by atoms with Gasteiger partial charge in [0.2, 0.25) is 0 Å². The Bertz CT molecular complexity index is 526. The molecule has 0 aromatic heterocycles. The first-order valence-corrected chi connectivity index (χ1v) is 11.2. The molecule has 2 N–H and O–H groups in total. The van der Waals surface area contributed by atoms with Gasteiger partial charge in [-0.1, -0.05) is 121 Å². The van der Waals surface area contributed by atoms with Crippen LogP contribution in [0.15, 0.2) is 24.3 Å². The average Bonchev–Trinajstić information content (AvgIpc) is 2.43. The molecule has 1 heteroatoms. The second-order valence-corrected chi connectivity index (χ2v) is 13.1. The summed E-state index contributed by atoms with van der Waals surface area (Å²) >= 11 is 0. The van der Waals surface area contributed by atoms with Gasteiger partial charge < -0.3 is 5.73 Å². The molecule has 1 aromatic rings. The first-order valence-electron chi connectivity index (χ1n) is 11.2. The van der Waals surface area contributed by atoms with E-state index in [1.807, 2.05) is 0 Å². The molecule has 0 aliphatic heterocycles. The molecule has 1 rings (SSSR count). The molecular formula is C28H55N. The highest BCUT2D eigenvalue weighted by Gasteiger charge is 2.18. The van der Waals surface area contributed by atoms with Crippen molar-refractivity contribution in [1.82, 2.24) is 0 Å². The molecule has 0 aliphatic carbocycles. The van der Waals surface area contributed by atoms with Crippen LogP contribution in [0.5, 0.6) is 0 Å². The minimum Gasteiger partial charge on any atom is -0.328 e. The van der Waals surface area contributed by atoms with Gasteiger partial charge >= 0.3 is 0 Å². The minimum atomic E-state index is 0. The SMILES string of the molecule is C.CC(C)(C)CCCC(N)CC(C)(C)C.CC(C)(C)c1cccc(C(C)(C)C)c1. The van der Waals surface area contributed by atoms with Crippen LogP contribution in [0, 0.1) is 10.8 Å². The molecule has 0 bridgehead atoms. The van der Waals surface area contributed by atoms with E-state index in [4.69, 9.17) is 5.73 Å². The molecule has 172 valence electrons. The van der Waals surface area contributed by atoms with E-state index in [9.17, 15) is 0 Å². The molecule has 0 saturated heterocycles. The first-order chi connectivity index (χ1) is 12.3. The van der Waals surface area contributed by atoms with E-state index in [0.29, 0.717) is 16.9 Å². The van der Waals surface area contributed by atoms with Crippen LogP contribution in [-0.4, -0.2) is 6.04 Å². The Hall–Kier alpha value is -0.820. The summed E-state index contributed by atoms with van der Waals surface area (Å²) in [5.74, 6) is 0. The van der Waals surface area contributed by atoms with Crippen molar-refractivity contribution in [2.75, 3.05) is 0 Å². The van der Waals surface area contributed by atoms with Gasteiger partial charge in [-0.15, -0.1) is 0 Å². The zero-order chi connectivity index (χ0) is 22.4. The Labute approximate surface area is 185 Å². The summed E-state index contributed by atoms with van der Waals surface area (Å²) in [5.41, 5.74) is 10.3. The Morgan fingerprint density at radius 1 is 0.724 bits per heavy atom. The van der Waals surface area contributed by atoms with Crippen molar-refractivity contribution in [1.29, 1.82) is 0 Å². The van der Waals surface area contributed by atoms with Gasteiger partial charge in [0.25, 0.3) is 0 Å². The predicted molar refractivity (Wildman–Crippen MR) is 136 cm³/mol.